The molecule has 0 aliphatic rings. The van der Waals surface area contributed by atoms with E-state index in [2.05, 4.69) is 5.10 Å². The maximum atomic E-state index is 11.5. The number of esters is 1. The van der Waals surface area contributed by atoms with Gasteiger partial charge in [0.15, 0.2) is 0 Å². The molecule has 6 nitrogen and oxygen atoms in total. The maximum absolute atomic E-state index is 11.5. The molecule has 2 aromatic rings. The predicted molar refractivity (Wildman–Crippen MR) is 67.7 cm³/mol. The quantitative estimate of drug-likeness (QED) is 0.642. The summed E-state index contributed by atoms with van der Waals surface area (Å²) in [6.07, 6.45) is 0. The first-order chi connectivity index (χ1) is 8.61. The summed E-state index contributed by atoms with van der Waals surface area (Å²) < 4.78 is 6.21. The lowest BCUT2D eigenvalue weighted by molar-refractivity contribution is 0.0524. The summed E-state index contributed by atoms with van der Waals surface area (Å²) in [4.78, 5) is 11.7. The number of carbonyl (C=O) groups excluding carboxylic acids is 1. The van der Waals surface area contributed by atoms with Crippen LogP contribution in [-0.2, 0) is 4.74 Å². The van der Waals surface area contributed by atoms with Crippen molar-refractivity contribution in [2.75, 3.05) is 12.3 Å². The summed E-state index contributed by atoms with van der Waals surface area (Å²) in [6.45, 7) is 2.01. The van der Waals surface area contributed by atoms with E-state index >= 15 is 0 Å². The van der Waals surface area contributed by atoms with Crippen molar-refractivity contribution in [1.29, 1.82) is 5.41 Å². The minimum absolute atomic E-state index is 0.155. The molecule has 18 heavy (non-hydrogen) atoms. The maximum Gasteiger partial charge on any atom is 0.369 e. The van der Waals surface area contributed by atoms with Crippen LogP contribution in [0.3, 0.4) is 0 Å². The molecule has 94 valence electrons. The van der Waals surface area contributed by atoms with Gasteiger partial charge < -0.3 is 10.5 Å². The van der Waals surface area contributed by atoms with Crippen molar-refractivity contribution in [1.82, 2.24) is 9.78 Å². The highest BCUT2D eigenvalue weighted by Gasteiger charge is 2.14. The van der Waals surface area contributed by atoms with Crippen LogP contribution in [0, 0.1) is 5.41 Å². The van der Waals surface area contributed by atoms with Crippen LogP contribution in [0.5, 0.6) is 0 Å². The molecule has 3 N–H and O–H groups in total. The Morgan fingerprint density at radius 3 is 2.78 bits per heavy atom. The molecular formula is C11H12N4O2S. The number of benzene rings is 1. The van der Waals surface area contributed by atoms with Crippen LogP contribution >= 0.6 is 11.3 Å². The highest BCUT2D eigenvalue weighted by molar-refractivity contribution is 7.10. The molecule has 1 aromatic carbocycles. The first-order valence-electron chi connectivity index (χ1n) is 5.29. The zero-order valence-electron chi connectivity index (χ0n) is 9.71. The minimum atomic E-state index is -0.509. The van der Waals surface area contributed by atoms with Gasteiger partial charge in [0.1, 0.15) is 0 Å². The zero-order chi connectivity index (χ0) is 13.1. The van der Waals surface area contributed by atoms with Gasteiger partial charge in [-0.3, -0.25) is 5.41 Å². The molecule has 0 unspecified atom stereocenters. The second-order valence-electron chi connectivity index (χ2n) is 3.44. The number of nitrogens with zero attached hydrogens (tertiary/aromatic N) is 2. The predicted octanol–water partition coefficient (Wildman–Crippen LogP) is 1.17. The Hall–Kier alpha value is -2.15. The average Bonchev–Trinajstić information content (AvgIpc) is 2.73. The average molecular weight is 264 g/mol. The van der Waals surface area contributed by atoms with E-state index in [9.17, 15) is 4.79 Å². The molecule has 0 bridgehead atoms. The van der Waals surface area contributed by atoms with Gasteiger partial charge in [0.2, 0.25) is 9.81 Å². The van der Waals surface area contributed by atoms with Gasteiger partial charge in [-0.2, -0.15) is 0 Å². The van der Waals surface area contributed by atoms with E-state index in [1.807, 2.05) is 0 Å². The summed E-state index contributed by atoms with van der Waals surface area (Å²) in [5, 5.41) is 12.0. The van der Waals surface area contributed by atoms with E-state index in [1.54, 1.807) is 31.2 Å². The van der Waals surface area contributed by atoms with Crippen molar-refractivity contribution >= 4 is 23.0 Å². The second-order valence-corrected chi connectivity index (χ2v) is 4.41. The lowest BCUT2D eigenvalue weighted by atomic mass is 10.3. The van der Waals surface area contributed by atoms with E-state index in [0.29, 0.717) is 11.4 Å². The summed E-state index contributed by atoms with van der Waals surface area (Å²) in [7, 11) is 0. The molecule has 0 saturated heterocycles. The fourth-order valence-corrected chi connectivity index (χ4v) is 2.04. The van der Waals surface area contributed by atoms with Gasteiger partial charge in [0, 0.05) is 5.69 Å². The number of nitrogens with two attached hydrogens (primary N) is 1. The number of nitrogen functional groups attached to an aromatic ring is 1. The van der Waals surface area contributed by atoms with Gasteiger partial charge in [-0.15, -0.1) is 5.10 Å². The second kappa shape index (κ2) is 5.01. The molecule has 2 rings (SSSR count). The lowest BCUT2D eigenvalue weighted by Gasteiger charge is -2.00. The number of aromatic nitrogens is 2. The summed E-state index contributed by atoms with van der Waals surface area (Å²) in [5.41, 5.74) is 6.90. The number of hydrogen-bond acceptors (Lipinski definition) is 6. The number of nitrogens with one attached hydrogen (secondary N) is 1. The number of anilines is 1. The molecule has 0 atom stereocenters. The highest BCUT2D eigenvalue weighted by Crippen LogP contribution is 2.10. The van der Waals surface area contributed by atoms with Gasteiger partial charge in [-0.25, -0.2) is 9.48 Å². The number of rotatable bonds is 3. The summed E-state index contributed by atoms with van der Waals surface area (Å²) in [5.74, 6) is -0.509. The molecule has 0 amide bonds. The van der Waals surface area contributed by atoms with E-state index in [1.165, 1.54) is 4.68 Å². The van der Waals surface area contributed by atoms with Gasteiger partial charge in [0.25, 0.3) is 0 Å². The van der Waals surface area contributed by atoms with E-state index in [0.717, 1.165) is 11.3 Å². The molecule has 1 heterocycles. The first-order valence-corrected chi connectivity index (χ1v) is 6.11. The van der Waals surface area contributed by atoms with Crippen molar-refractivity contribution < 1.29 is 9.53 Å². The van der Waals surface area contributed by atoms with Crippen molar-refractivity contribution in [2.24, 2.45) is 0 Å². The molecule has 7 heteroatoms. The molecule has 0 aliphatic carbocycles. The summed E-state index contributed by atoms with van der Waals surface area (Å²) >= 11 is 0.974. The molecule has 0 radical (unpaired) electrons. The van der Waals surface area contributed by atoms with Crippen LogP contribution in [0.2, 0.25) is 0 Å². The fraction of sp³-hybridized carbons (Fsp3) is 0.182. The Balaban J connectivity index is 2.38. The first kappa shape index (κ1) is 12.3. The molecular weight excluding hydrogens is 252 g/mol. The molecule has 0 spiro atoms. The third-order valence-electron chi connectivity index (χ3n) is 2.16. The normalized spacial score (nSPS) is 10.3. The Labute approximate surface area is 107 Å². The Morgan fingerprint density at radius 2 is 2.17 bits per heavy atom. The van der Waals surface area contributed by atoms with Crippen LogP contribution in [0.25, 0.3) is 5.69 Å². The van der Waals surface area contributed by atoms with E-state index < -0.39 is 5.97 Å². The largest absolute Gasteiger partial charge is 0.461 e. The molecule has 0 fully saturated rings. The Bertz CT molecular complexity index is 615. The van der Waals surface area contributed by atoms with E-state index in [-0.39, 0.29) is 16.4 Å². The van der Waals surface area contributed by atoms with Crippen molar-refractivity contribution in [2.45, 2.75) is 6.92 Å². The van der Waals surface area contributed by atoms with Gasteiger partial charge in [-0.1, -0.05) is 11.3 Å². The number of carbonyl (C=O) groups is 1. The topological polar surface area (TPSA) is 94.0 Å². The standard InChI is InChI=1S/C11H12N4O2S/c1-2-17-10(16)9-14-15(11(13)18-9)8-5-3-7(12)4-6-8/h3-6,13H,2,12H2,1H3. The minimum Gasteiger partial charge on any atom is -0.461 e. The summed E-state index contributed by atoms with van der Waals surface area (Å²) in [6, 6.07) is 6.90. The van der Waals surface area contributed by atoms with Crippen LogP contribution < -0.4 is 10.5 Å². The Morgan fingerprint density at radius 1 is 1.50 bits per heavy atom. The van der Waals surface area contributed by atoms with Crippen LogP contribution in [-0.4, -0.2) is 22.4 Å². The molecule has 1 aromatic heterocycles. The zero-order valence-corrected chi connectivity index (χ0v) is 10.5. The van der Waals surface area contributed by atoms with Gasteiger partial charge >= 0.3 is 5.97 Å². The number of ether oxygens (including phenoxy) is 1. The van der Waals surface area contributed by atoms with Crippen LogP contribution in [0.4, 0.5) is 5.69 Å². The van der Waals surface area contributed by atoms with Gasteiger partial charge in [-0.05, 0) is 31.2 Å². The number of hydrogen-bond donors (Lipinski definition) is 2. The third-order valence-corrected chi connectivity index (χ3v) is 2.97. The monoisotopic (exact) mass is 264 g/mol. The van der Waals surface area contributed by atoms with E-state index in [4.69, 9.17) is 15.9 Å². The molecule has 0 saturated carbocycles. The van der Waals surface area contributed by atoms with Crippen molar-refractivity contribution in [3.63, 3.8) is 0 Å². The third kappa shape index (κ3) is 2.40. The van der Waals surface area contributed by atoms with Crippen molar-refractivity contribution in [3.8, 4) is 5.69 Å². The smallest absolute Gasteiger partial charge is 0.369 e. The lowest BCUT2D eigenvalue weighted by Crippen LogP contribution is -2.12. The van der Waals surface area contributed by atoms with Crippen molar-refractivity contribution in [3.05, 3.63) is 34.1 Å². The highest BCUT2D eigenvalue weighted by atomic mass is 32.1. The van der Waals surface area contributed by atoms with Crippen LogP contribution in [0.1, 0.15) is 16.7 Å². The SMILES string of the molecule is CCOC(=O)c1nn(-c2ccc(N)cc2)c(=N)s1. The molecule has 0 aliphatic heterocycles. The Kier molecular flexibility index (Phi) is 3.42. The van der Waals surface area contributed by atoms with Gasteiger partial charge in [0.05, 0.1) is 12.3 Å². The fourth-order valence-electron chi connectivity index (χ4n) is 1.36. The van der Waals surface area contributed by atoms with Crippen LogP contribution in [0.15, 0.2) is 24.3 Å².